The fourth-order valence-corrected chi connectivity index (χ4v) is 0.562. The number of hydrogen-bond acceptors (Lipinski definition) is 3. The molecule has 0 amide bonds. The first-order valence-electron chi connectivity index (χ1n) is 3.11. The monoisotopic (exact) mass is 243 g/mol. The average Bonchev–Trinajstić information content (AvgIpc) is 2.58. The van der Waals surface area contributed by atoms with Crippen molar-refractivity contribution >= 4 is 40.7 Å². The molecule has 13 heavy (non-hydrogen) atoms. The summed E-state index contributed by atoms with van der Waals surface area (Å²) in [5.41, 5.74) is 0. The van der Waals surface area contributed by atoms with Gasteiger partial charge in [-0.15, -0.1) is 0 Å². The summed E-state index contributed by atoms with van der Waals surface area (Å²) in [7, 11) is 1.27. The molecule has 0 spiro atoms. The van der Waals surface area contributed by atoms with E-state index in [2.05, 4.69) is 14.7 Å². The van der Waals surface area contributed by atoms with Crippen molar-refractivity contribution in [1.82, 2.24) is 9.97 Å². The van der Waals surface area contributed by atoms with Gasteiger partial charge in [-0.2, -0.15) is 0 Å². The first-order chi connectivity index (χ1) is 5.98. The van der Waals surface area contributed by atoms with Gasteiger partial charge in [0.15, 0.2) is 0 Å². The van der Waals surface area contributed by atoms with E-state index in [9.17, 15) is 0 Å². The van der Waals surface area contributed by atoms with Crippen LogP contribution < -0.4 is 0 Å². The highest BCUT2D eigenvalue weighted by Gasteiger charge is 2.27. The minimum absolute atomic E-state index is 0.373. The summed E-state index contributed by atoms with van der Waals surface area (Å²) in [5, 5.41) is 6.77. The molecule has 74 valence electrons. The van der Waals surface area contributed by atoms with Gasteiger partial charge in [0.2, 0.25) is 5.90 Å². The van der Waals surface area contributed by atoms with Gasteiger partial charge in [0.05, 0.1) is 13.4 Å². The summed E-state index contributed by atoms with van der Waals surface area (Å²) in [6, 6.07) is 0. The number of ether oxygens (including phenoxy) is 1. The molecule has 0 aliphatic carbocycles. The van der Waals surface area contributed by atoms with E-state index in [1.54, 1.807) is 18.7 Å². The number of alkyl halides is 3. The van der Waals surface area contributed by atoms with Crippen LogP contribution in [0.4, 0.5) is 0 Å². The van der Waals surface area contributed by atoms with Crippen LogP contribution in [-0.4, -0.2) is 26.8 Å². The third-order valence-corrected chi connectivity index (χ3v) is 1.38. The summed E-state index contributed by atoms with van der Waals surface area (Å²) in [4.78, 5) is 6.42. The number of halogens is 3. The lowest BCUT2D eigenvalue weighted by atomic mass is 10.8. The highest BCUT2D eigenvalue weighted by Crippen LogP contribution is 2.26. The van der Waals surface area contributed by atoms with Gasteiger partial charge in [-0.05, 0) is 0 Å². The molecule has 1 rings (SSSR count). The van der Waals surface area contributed by atoms with Crippen LogP contribution in [0.2, 0.25) is 0 Å². The molecule has 0 radical (unpaired) electrons. The Bertz CT molecular complexity index is 215. The van der Waals surface area contributed by atoms with Gasteiger partial charge in [0, 0.05) is 12.4 Å². The third kappa shape index (κ3) is 6.69. The smallest absolute Gasteiger partial charge is 0.265 e. The zero-order chi connectivity index (χ0) is 10.3. The molecule has 2 N–H and O–H groups in total. The quantitative estimate of drug-likeness (QED) is 0.418. The Kier molecular flexibility index (Phi) is 5.86. The van der Waals surface area contributed by atoms with Crippen LogP contribution in [0.5, 0.6) is 0 Å². The molecule has 1 heterocycles. The van der Waals surface area contributed by atoms with Crippen LogP contribution in [0, 0.1) is 5.41 Å². The van der Waals surface area contributed by atoms with Gasteiger partial charge in [0.1, 0.15) is 0 Å². The number of methoxy groups -OCH3 is 1. The van der Waals surface area contributed by atoms with Crippen molar-refractivity contribution in [2.24, 2.45) is 0 Å². The Labute approximate surface area is 90.7 Å². The summed E-state index contributed by atoms with van der Waals surface area (Å²) in [6.07, 6.45) is 5.08. The van der Waals surface area contributed by atoms with E-state index in [1.807, 2.05) is 0 Å². The van der Waals surface area contributed by atoms with E-state index in [0.717, 1.165) is 0 Å². The highest BCUT2D eigenvalue weighted by molar-refractivity contribution is 6.75. The van der Waals surface area contributed by atoms with Crippen LogP contribution >= 0.6 is 34.8 Å². The van der Waals surface area contributed by atoms with Crippen LogP contribution in [-0.2, 0) is 4.74 Å². The van der Waals surface area contributed by atoms with Crippen LogP contribution in [0.15, 0.2) is 18.7 Å². The zero-order valence-corrected chi connectivity index (χ0v) is 8.99. The topological polar surface area (TPSA) is 61.8 Å². The lowest BCUT2D eigenvalue weighted by molar-refractivity contribution is 0.391. The van der Waals surface area contributed by atoms with Crippen molar-refractivity contribution in [3.8, 4) is 0 Å². The van der Waals surface area contributed by atoms with E-state index < -0.39 is 3.79 Å². The largest absolute Gasteiger partial charge is 0.481 e. The minimum atomic E-state index is -1.71. The Morgan fingerprint density at radius 1 is 1.54 bits per heavy atom. The van der Waals surface area contributed by atoms with E-state index in [4.69, 9.17) is 40.2 Å². The number of imidazole rings is 1. The molecule has 0 saturated heterocycles. The molecule has 0 aromatic carbocycles. The van der Waals surface area contributed by atoms with Crippen LogP contribution in [0.3, 0.4) is 0 Å². The average molecular weight is 245 g/mol. The molecular formula is C6H8Cl3N3O. The highest BCUT2D eigenvalue weighted by atomic mass is 35.6. The maximum Gasteiger partial charge on any atom is 0.265 e. The summed E-state index contributed by atoms with van der Waals surface area (Å²) >= 11 is 15.5. The number of aromatic nitrogens is 2. The van der Waals surface area contributed by atoms with Crippen molar-refractivity contribution in [2.45, 2.75) is 3.79 Å². The molecule has 0 aliphatic heterocycles. The molecule has 0 atom stereocenters. The number of nitrogens with one attached hydrogen (secondary N) is 2. The SMILES string of the molecule is COC(=N)C(Cl)(Cl)Cl.c1c[nH]cn1. The fraction of sp³-hybridized carbons (Fsp3) is 0.333. The predicted molar refractivity (Wildman–Crippen MR) is 53.6 cm³/mol. The Balaban J connectivity index is 0.000000243. The second kappa shape index (κ2) is 6.07. The maximum absolute atomic E-state index is 6.77. The zero-order valence-electron chi connectivity index (χ0n) is 6.72. The minimum Gasteiger partial charge on any atom is -0.481 e. The molecule has 4 nitrogen and oxygen atoms in total. The Hall–Kier alpha value is -0.450. The van der Waals surface area contributed by atoms with Gasteiger partial charge >= 0.3 is 0 Å². The first-order valence-corrected chi connectivity index (χ1v) is 4.24. The van der Waals surface area contributed by atoms with Gasteiger partial charge < -0.3 is 9.72 Å². The summed E-state index contributed by atoms with van der Waals surface area (Å²) in [6.45, 7) is 0. The van der Waals surface area contributed by atoms with Gasteiger partial charge in [-0.25, -0.2) is 4.98 Å². The van der Waals surface area contributed by atoms with Gasteiger partial charge in [0.25, 0.3) is 3.79 Å². The van der Waals surface area contributed by atoms with E-state index in [-0.39, 0.29) is 5.90 Å². The first kappa shape index (κ1) is 12.6. The lowest BCUT2D eigenvalue weighted by Gasteiger charge is -2.08. The van der Waals surface area contributed by atoms with E-state index in [0.29, 0.717) is 0 Å². The van der Waals surface area contributed by atoms with Gasteiger partial charge in [-0.1, -0.05) is 34.8 Å². The predicted octanol–water partition coefficient (Wildman–Crippen LogP) is 2.39. The van der Waals surface area contributed by atoms with Crippen molar-refractivity contribution in [3.63, 3.8) is 0 Å². The lowest BCUT2D eigenvalue weighted by Crippen LogP contribution is -2.18. The molecule has 0 saturated carbocycles. The normalized spacial score (nSPS) is 9.85. The van der Waals surface area contributed by atoms with Crippen LogP contribution in [0.25, 0.3) is 0 Å². The summed E-state index contributed by atoms with van der Waals surface area (Å²) in [5.74, 6) is -0.373. The Morgan fingerprint density at radius 3 is 2.23 bits per heavy atom. The van der Waals surface area contributed by atoms with Crippen molar-refractivity contribution < 1.29 is 4.74 Å². The van der Waals surface area contributed by atoms with Crippen molar-refractivity contribution in [3.05, 3.63) is 18.7 Å². The van der Waals surface area contributed by atoms with Gasteiger partial charge in [-0.3, -0.25) is 5.41 Å². The number of aromatic amines is 1. The fourth-order valence-electron chi connectivity index (χ4n) is 0.331. The molecule has 1 aromatic rings. The number of rotatable bonds is 0. The molecule has 0 bridgehead atoms. The summed E-state index contributed by atoms with van der Waals surface area (Å²) < 4.78 is 2.59. The van der Waals surface area contributed by atoms with Crippen molar-refractivity contribution in [1.29, 1.82) is 5.41 Å². The maximum atomic E-state index is 6.77. The van der Waals surface area contributed by atoms with Crippen LogP contribution in [0.1, 0.15) is 0 Å². The molecule has 0 fully saturated rings. The molecule has 7 heteroatoms. The van der Waals surface area contributed by atoms with E-state index in [1.165, 1.54) is 7.11 Å². The van der Waals surface area contributed by atoms with Crippen molar-refractivity contribution in [2.75, 3.05) is 7.11 Å². The molecule has 0 unspecified atom stereocenters. The number of nitrogens with zero attached hydrogens (tertiary/aromatic N) is 1. The number of hydrogen-bond donors (Lipinski definition) is 2. The third-order valence-electron chi connectivity index (χ3n) is 0.867. The second-order valence-corrected chi connectivity index (χ2v) is 4.07. The standard InChI is InChI=1S/C3H4Cl3NO.C3H4N2/c1-8-2(7)3(4,5)6;1-2-5-3-4-1/h7H,1H3;1-3H,(H,4,5). The molecular weight excluding hydrogens is 236 g/mol. The molecule has 0 aliphatic rings. The molecule has 1 aromatic heterocycles. The number of H-pyrrole nitrogens is 1. The Morgan fingerprint density at radius 2 is 2.15 bits per heavy atom. The van der Waals surface area contributed by atoms with E-state index >= 15 is 0 Å². The second-order valence-electron chi connectivity index (χ2n) is 1.79.